The van der Waals surface area contributed by atoms with Crippen LogP contribution in [0.25, 0.3) is 0 Å². The van der Waals surface area contributed by atoms with Crippen LogP contribution in [0.4, 0.5) is 0 Å². The van der Waals surface area contributed by atoms with Gasteiger partial charge in [-0.3, -0.25) is 9.59 Å². The first-order chi connectivity index (χ1) is 6.92. The minimum absolute atomic E-state index is 0.149. The Morgan fingerprint density at radius 3 is 2.53 bits per heavy atom. The predicted molar refractivity (Wildman–Crippen MR) is 56.3 cm³/mol. The first-order valence-corrected chi connectivity index (χ1v) is 5.11. The Kier molecular flexibility index (Phi) is 3.50. The number of rotatable bonds is 5. The van der Waals surface area contributed by atoms with Crippen LogP contribution in [0, 0.1) is 11.3 Å². The van der Waals surface area contributed by atoms with Crippen molar-refractivity contribution in [1.29, 1.82) is 0 Å². The molecule has 2 N–H and O–H groups in total. The van der Waals surface area contributed by atoms with Crippen LogP contribution in [0.2, 0.25) is 0 Å². The summed E-state index contributed by atoms with van der Waals surface area (Å²) in [4.78, 5) is 22.0. The van der Waals surface area contributed by atoms with E-state index in [0.29, 0.717) is 5.92 Å². The quantitative estimate of drug-likeness (QED) is 0.671. The smallest absolute Gasteiger partial charge is 0.310 e. The molecule has 1 rings (SSSR count). The highest BCUT2D eigenvalue weighted by Gasteiger charge is 2.27. The summed E-state index contributed by atoms with van der Waals surface area (Å²) in [6, 6.07) is 0. The topological polar surface area (TPSA) is 66.4 Å². The maximum atomic E-state index is 11.3. The Morgan fingerprint density at radius 1 is 1.47 bits per heavy atom. The van der Waals surface area contributed by atoms with Gasteiger partial charge in [-0.05, 0) is 38.7 Å². The van der Waals surface area contributed by atoms with Crippen LogP contribution in [0.3, 0.4) is 0 Å². The minimum Gasteiger partial charge on any atom is -0.481 e. The van der Waals surface area contributed by atoms with Crippen LogP contribution in [0.5, 0.6) is 0 Å². The Hall–Kier alpha value is -1.32. The second-order valence-corrected chi connectivity index (χ2v) is 4.60. The second kappa shape index (κ2) is 4.47. The number of aliphatic carboxylic acids is 1. The van der Waals surface area contributed by atoms with Gasteiger partial charge < -0.3 is 10.4 Å². The van der Waals surface area contributed by atoms with Crippen molar-refractivity contribution >= 4 is 11.9 Å². The standard InChI is InChI=1S/C11H17NO3/c1-11(2,10(14)15)7-12-9(13)6-5-8-3-4-8/h5-6,8H,3-4,7H2,1-2H3,(H,12,13)(H,14,15)/b6-5+. The molecule has 0 aromatic rings. The van der Waals surface area contributed by atoms with Crippen LogP contribution in [0.1, 0.15) is 26.7 Å². The molecular weight excluding hydrogens is 194 g/mol. The number of carboxylic acids is 1. The summed E-state index contributed by atoms with van der Waals surface area (Å²) in [6.07, 6.45) is 5.69. The van der Waals surface area contributed by atoms with Gasteiger partial charge in [0.05, 0.1) is 5.41 Å². The Balaban J connectivity index is 2.29. The number of carboxylic acid groups (broad SMARTS) is 1. The molecule has 0 aromatic carbocycles. The van der Waals surface area contributed by atoms with E-state index in [1.54, 1.807) is 13.8 Å². The molecule has 0 atom stereocenters. The molecule has 1 saturated carbocycles. The monoisotopic (exact) mass is 211 g/mol. The molecule has 0 radical (unpaired) electrons. The Labute approximate surface area is 89.4 Å². The van der Waals surface area contributed by atoms with Crippen molar-refractivity contribution in [2.45, 2.75) is 26.7 Å². The predicted octanol–water partition coefficient (Wildman–Crippen LogP) is 1.18. The van der Waals surface area contributed by atoms with Crippen molar-refractivity contribution in [2.75, 3.05) is 6.54 Å². The summed E-state index contributed by atoms with van der Waals surface area (Å²) in [5.41, 5.74) is -0.914. The molecule has 15 heavy (non-hydrogen) atoms. The molecule has 1 amide bonds. The van der Waals surface area contributed by atoms with E-state index in [1.165, 1.54) is 6.08 Å². The molecule has 84 valence electrons. The van der Waals surface area contributed by atoms with Gasteiger partial charge in [0, 0.05) is 6.54 Å². The summed E-state index contributed by atoms with van der Waals surface area (Å²) < 4.78 is 0. The van der Waals surface area contributed by atoms with E-state index in [-0.39, 0.29) is 12.5 Å². The van der Waals surface area contributed by atoms with Gasteiger partial charge in [0.1, 0.15) is 0 Å². The van der Waals surface area contributed by atoms with Crippen molar-refractivity contribution in [3.63, 3.8) is 0 Å². The first kappa shape index (κ1) is 11.8. The fourth-order valence-corrected chi connectivity index (χ4v) is 0.955. The van der Waals surface area contributed by atoms with E-state index in [0.717, 1.165) is 12.8 Å². The zero-order chi connectivity index (χ0) is 11.5. The molecular formula is C11H17NO3. The number of hydrogen-bond acceptors (Lipinski definition) is 2. The fraction of sp³-hybridized carbons (Fsp3) is 0.636. The van der Waals surface area contributed by atoms with Crippen molar-refractivity contribution in [3.8, 4) is 0 Å². The van der Waals surface area contributed by atoms with Gasteiger partial charge in [0.15, 0.2) is 0 Å². The molecule has 0 aliphatic heterocycles. The molecule has 0 spiro atoms. The second-order valence-electron chi connectivity index (χ2n) is 4.60. The van der Waals surface area contributed by atoms with Gasteiger partial charge >= 0.3 is 5.97 Å². The molecule has 0 unspecified atom stereocenters. The summed E-state index contributed by atoms with van der Waals surface area (Å²) in [5, 5.41) is 11.4. The van der Waals surface area contributed by atoms with Gasteiger partial charge in [-0.15, -0.1) is 0 Å². The maximum Gasteiger partial charge on any atom is 0.310 e. The van der Waals surface area contributed by atoms with E-state index < -0.39 is 11.4 Å². The highest BCUT2D eigenvalue weighted by atomic mass is 16.4. The van der Waals surface area contributed by atoms with Gasteiger partial charge in [-0.1, -0.05) is 6.08 Å². The van der Waals surface area contributed by atoms with Crippen molar-refractivity contribution in [1.82, 2.24) is 5.32 Å². The maximum absolute atomic E-state index is 11.3. The highest BCUT2D eigenvalue weighted by molar-refractivity contribution is 5.88. The largest absolute Gasteiger partial charge is 0.481 e. The number of hydrogen-bond donors (Lipinski definition) is 2. The highest BCUT2D eigenvalue weighted by Crippen LogP contribution is 2.29. The van der Waals surface area contributed by atoms with Crippen molar-refractivity contribution < 1.29 is 14.7 Å². The van der Waals surface area contributed by atoms with Crippen LogP contribution >= 0.6 is 0 Å². The SMILES string of the molecule is CC(C)(CNC(=O)/C=C/C1CC1)C(=O)O. The third-order valence-corrected chi connectivity index (χ3v) is 2.43. The average Bonchev–Trinajstić information content (AvgIpc) is 2.94. The lowest BCUT2D eigenvalue weighted by Gasteiger charge is -2.18. The van der Waals surface area contributed by atoms with Gasteiger partial charge in [0.2, 0.25) is 5.91 Å². The molecule has 1 fully saturated rings. The lowest BCUT2D eigenvalue weighted by Crippen LogP contribution is -2.38. The summed E-state index contributed by atoms with van der Waals surface area (Å²) in [6.45, 7) is 3.32. The number of carbonyl (C=O) groups excluding carboxylic acids is 1. The first-order valence-electron chi connectivity index (χ1n) is 5.11. The van der Waals surface area contributed by atoms with Gasteiger partial charge in [-0.25, -0.2) is 0 Å². The van der Waals surface area contributed by atoms with Gasteiger partial charge in [0.25, 0.3) is 0 Å². The van der Waals surface area contributed by atoms with E-state index in [1.807, 2.05) is 6.08 Å². The molecule has 0 aromatic heterocycles. The van der Waals surface area contributed by atoms with Crippen LogP contribution in [0.15, 0.2) is 12.2 Å². The number of nitrogens with one attached hydrogen (secondary N) is 1. The van der Waals surface area contributed by atoms with E-state index in [2.05, 4.69) is 5.32 Å². The van der Waals surface area contributed by atoms with E-state index >= 15 is 0 Å². The lowest BCUT2D eigenvalue weighted by molar-refractivity contribution is -0.146. The normalized spacial score (nSPS) is 16.7. The van der Waals surface area contributed by atoms with Crippen LogP contribution < -0.4 is 5.32 Å². The number of amides is 1. The van der Waals surface area contributed by atoms with Gasteiger partial charge in [-0.2, -0.15) is 0 Å². The Morgan fingerprint density at radius 2 is 2.07 bits per heavy atom. The summed E-state index contributed by atoms with van der Waals surface area (Å²) >= 11 is 0. The molecule has 4 heteroatoms. The zero-order valence-corrected chi connectivity index (χ0v) is 9.12. The van der Waals surface area contributed by atoms with E-state index in [9.17, 15) is 9.59 Å². The number of allylic oxidation sites excluding steroid dienone is 1. The van der Waals surface area contributed by atoms with Crippen LogP contribution in [-0.2, 0) is 9.59 Å². The zero-order valence-electron chi connectivity index (χ0n) is 9.12. The molecule has 0 bridgehead atoms. The lowest BCUT2D eigenvalue weighted by atomic mass is 9.94. The van der Waals surface area contributed by atoms with Crippen molar-refractivity contribution in [2.24, 2.45) is 11.3 Å². The van der Waals surface area contributed by atoms with E-state index in [4.69, 9.17) is 5.11 Å². The Bertz CT molecular complexity index is 290. The van der Waals surface area contributed by atoms with Crippen molar-refractivity contribution in [3.05, 3.63) is 12.2 Å². The molecule has 1 aliphatic rings. The average molecular weight is 211 g/mol. The summed E-state index contributed by atoms with van der Waals surface area (Å²) in [7, 11) is 0. The minimum atomic E-state index is -0.914. The van der Waals surface area contributed by atoms with Crippen LogP contribution in [-0.4, -0.2) is 23.5 Å². The molecule has 0 saturated heterocycles. The third-order valence-electron chi connectivity index (χ3n) is 2.43. The molecule has 1 aliphatic carbocycles. The number of carbonyl (C=O) groups is 2. The third kappa shape index (κ3) is 4.14. The fourth-order valence-electron chi connectivity index (χ4n) is 0.955. The summed E-state index contributed by atoms with van der Waals surface area (Å²) in [5.74, 6) is -0.562. The molecule has 4 nitrogen and oxygen atoms in total. The molecule has 0 heterocycles.